The van der Waals surface area contributed by atoms with Gasteiger partial charge in [-0.05, 0) is 35.9 Å². The number of ether oxygens (including phenoxy) is 4. The molecule has 15 nitrogen and oxygen atoms in total. The number of phenolic OH excluding ortho intramolecular Hbond substituents is 2. The van der Waals surface area contributed by atoms with E-state index in [0.717, 1.165) is 12.1 Å². The minimum Gasteiger partial charge on any atom is -0.507 e. The molecular weight excluding hydrogens is 564 g/mol. The van der Waals surface area contributed by atoms with Crippen LogP contribution in [0.25, 0.3) is 6.08 Å². The Balaban J connectivity index is 1.43. The molecule has 2 aliphatic rings. The largest absolute Gasteiger partial charge is 0.507 e. The Morgan fingerprint density at radius 2 is 1.29 bits per heavy atom. The minimum absolute atomic E-state index is 0.0501. The fourth-order valence-corrected chi connectivity index (χ4v) is 4.37. The number of rotatable bonds is 9. The minimum atomic E-state index is -1.71. The van der Waals surface area contributed by atoms with Gasteiger partial charge in [0.1, 0.15) is 60.3 Å². The van der Waals surface area contributed by atoms with Crippen molar-refractivity contribution in [2.75, 3.05) is 13.2 Å². The first-order chi connectivity index (χ1) is 19.9. The Morgan fingerprint density at radius 1 is 0.714 bits per heavy atom. The van der Waals surface area contributed by atoms with Gasteiger partial charge in [-0.3, -0.25) is 4.79 Å². The first kappa shape index (κ1) is 31.6. The van der Waals surface area contributed by atoms with Gasteiger partial charge in [-0.2, -0.15) is 0 Å². The molecule has 2 aliphatic heterocycles. The third-order valence-electron chi connectivity index (χ3n) is 6.84. The number of phenols is 2. The molecule has 2 aromatic carbocycles. The van der Waals surface area contributed by atoms with Crippen molar-refractivity contribution in [3.8, 4) is 23.0 Å². The van der Waals surface area contributed by atoms with E-state index in [1.807, 2.05) is 0 Å². The highest BCUT2D eigenvalue weighted by Crippen LogP contribution is 2.32. The summed E-state index contributed by atoms with van der Waals surface area (Å²) in [6.45, 7) is -1.33. The number of hydrogen-bond donors (Lipinski definition) is 10. The van der Waals surface area contributed by atoms with E-state index in [-0.39, 0.29) is 22.8 Å². The molecule has 4 rings (SSSR count). The van der Waals surface area contributed by atoms with Gasteiger partial charge in [0.25, 0.3) is 0 Å². The molecule has 10 N–H and O–H groups in total. The van der Waals surface area contributed by atoms with Crippen LogP contribution in [0.4, 0.5) is 0 Å². The van der Waals surface area contributed by atoms with Crippen molar-refractivity contribution in [3.05, 3.63) is 53.6 Å². The third-order valence-corrected chi connectivity index (χ3v) is 6.84. The molecule has 0 amide bonds. The first-order valence-electron chi connectivity index (χ1n) is 12.8. The topological polar surface area (TPSA) is 256 Å². The summed E-state index contributed by atoms with van der Waals surface area (Å²) in [5.74, 6) is -1.76. The van der Waals surface area contributed by atoms with Crippen LogP contribution in [0, 0.1) is 0 Å². The Labute approximate surface area is 238 Å². The number of benzene rings is 2. The van der Waals surface area contributed by atoms with E-state index >= 15 is 0 Å². The van der Waals surface area contributed by atoms with Crippen molar-refractivity contribution in [1.29, 1.82) is 0 Å². The number of aliphatic hydroxyl groups is 8. The molecule has 0 bridgehead atoms. The molecule has 0 saturated carbocycles. The zero-order valence-corrected chi connectivity index (χ0v) is 21.8. The Bertz CT molecular complexity index is 1260. The quantitative estimate of drug-likeness (QED) is 0.105. The molecule has 10 unspecified atom stereocenters. The molecular formula is C27H32O15. The van der Waals surface area contributed by atoms with Crippen molar-refractivity contribution < 1.29 is 74.8 Å². The second-order valence-corrected chi connectivity index (χ2v) is 9.73. The van der Waals surface area contributed by atoms with Crippen LogP contribution in [0.2, 0.25) is 0 Å². The fourth-order valence-electron chi connectivity index (χ4n) is 4.37. The summed E-state index contributed by atoms with van der Waals surface area (Å²) in [4.78, 5) is 12.8. The monoisotopic (exact) mass is 596 g/mol. The summed E-state index contributed by atoms with van der Waals surface area (Å²) in [6, 6.07) is 7.52. The molecule has 230 valence electrons. The summed E-state index contributed by atoms with van der Waals surface area (Å²) in [5, 5.41) is 99.1. The maximum absolute atomic E-state index is 12.8. The molecule has 2 saturated heterocycles. The molecule has 0 radical (unpaired) electrons. The standard InChI is InChI=1S/C27H32O15/c28-9-18-20(33)22(35)24(37)26(41-18)39-12-3-4-13(16(32)8-12)14(30)5-1-11-2-6-15(31)17(7-11)40-27-25(38)23(36)21(34)19(10-29)42-27/h1-8,18-29,31-38H,9-10H2/b5-1+. The van der Waals surface area contributed by atoms with Crippen LogP contribution < -0.4 is 9.47 Å². The van der Waals surface area contributed by atoms with Crippen molar-refractivity contribution in [2.24, 2.45) is 0 Å². The highest BCUT2D eigenvalue weighted by atomic mass is 16.7. The van der Waals surface area contributed by atoms with Crippen LogP contribution in [0.3, 0.4) is 0 Å². The summed E-state index contributed by atoms with van der Waals surface area (Å²) >= 11 is 0. The number of carbonyl (C=O) groups is 1. The van der Waals surface area contributed by atoms with Crippen molar-refractivity contribution >= 4 is 11.9 Å². The van der Waals surface area contributed by atoms with E-state index in [9.17, 15) is 55.9 Å². The Kier molecular flexibility index (Phi) is 10.0. The average Bonchev–Trinajstić information content (AvgIpc) is 2.97. The summed E-state index contributed by atoms with van der Waals surface area (Å²) in [7, 11) is 0. The van der Waals surface area contributed by atoms with Crippen LogP contribution in [-0.2, 0) is 9.47 Å². The maximum Gasteiger partial charge on any atom is 0.229 e. The predicted molar refractivity (Wildman–Crippen MR) is 138 cm³/mol. The van der Waals surface area contributed by atoms with Gasteiger partial charge in [-0.25, -0.2) is 0 Å². The Morgan fingerprint density at radius 3 is 1.83 bits per heavy atom. The second kappa shape index (κ2) is 13.3. The van der Waals surface area contributed by atoms with E-state index in [1.165, 1.54) is 36.4 Å². The number of carbonyl (C=O) groups excluding carboxylic acids is 1. The molecule has 0 spiro atoms. The SMILES string of the molecule is O=C(/C=C/c1ccc(O)c(OC2OC(CO)C(O)C(O)C2O)c1)c1ccc(OC2OC(CO)C(O)C(O)C2O)cc1O. The number of aromatic hydroxyl groups is 2. The van der Waals surface area contributed by atoms with Crippen molar-refractivity contribution in [2.45, 2.75) is 61.4 Å². The predicted octanol–water partition coefficient (Wildman–Crippen LogP) is -2.65. The molecule has 2 fully saturated rings. The zero-order valence-electron chi connectivity index (χ0n) is 21.8. The van der Waals surface area contributed by atoms with Gasteiger partial charge in [0.2, 0.25) is 12.6 Å². The molecule has 2 aromatic rings. The van der Waals surface area contributed by atoms with Crippen molar-refractivity contribution in [1.82, 2.24) is 0 Å². The maximum atomic E-state index is 12.8. The highest BCUT2D eigenvalue weighted by Gasteiger charge is 2.46. The van der Waals surface area contributed by atoms with Gasteiger partial charge in [0, 0.05) is 6.07 Å². The van der Waals surface area contributed by atoms with E-state index in [2.05, 4.69) is 0 Å². The fraction of sp³-hybridized carbons (Fsp3) is 0.444. The first-order valence-corrected chi connectivity index (χ1v) is 12.8. The van der Waals surface area contributed by atoms with E-state index in [1.54, 1.807) is 0 Å². The lowest BCUT2D eigenvalue weighted by molar-refractivity contribution is -0.277. The number of ketones is 1. The second-order valence-electron chi connectivity index (χ2n) is 9.73. The molecule has 0 aromatic heterocycles. The van der Waals surface area contributed by atoms with E-state index in [0.29, 0.717) is 5.56 Å². The molecule has 15 heteroatoms. The van der Waals surface area contributed by atoms with Gasteiger partial charge in [-0.1, -0.05) is 12.1 Å². The van der Waals surface area contributed by atoms with Gasteiger partial charge in [0.15, 0.2) is 17.3 Å². The highest BCUT2D eigenvalue weighted by molar-refractivity contribution is 6.08. The van der Waals surface area contributed by atoms with Gasteiger partial charge in [-0.15, -0.1) is 0 Å². The van der Waals surface area contributed by atoms with Crippen LogP contribution in [0.1, 0.15) is 15.9 Å². The van der Waals surface area contributed by atoms with Crippen molar-refractivity contribution in [3.63, 3.8) is 0 Å². The van der Waals surface area contributed by atoms with Gasteiger partial charge < -0.3 is 70.0 Å². The third kappa shape index (κ3) is 6.66. The van der Waals surface area contributed by atoms with Crippen LogP contribution in [0.15, 0.2) is 42.5 Å². The van der Waals surface area contributed by atoms with Gasteiger partial charge in [0.05, 0.1) is 18.8 Å². The average molecular weight is 597 g/mol. The lowest BCUT2D eigenvalue weighted by Gasteiger charge is -2.39. The van der Waals surface area contributed by atoms with Crippen LogP contribution in [0.5, 0.6) is 23.0 Å². The van der Waals surface area contributed by atoms with Crippen LogP contribution >= 0.6 is 0 Å². The lowest BCUT2D eigenvalue weighted by Crippen LogP contribution is -2.60. The van der Waals surface area contributed by atoms with Crippen LogP contribution in [-0.4, -0.2) is 131 Å². The number of aliphatic hydroxyl groups excluding tert-OH is 8. The van der Waals surface area contributed by atoms with E-state index < -0.39 is 86.2 Å². The summed E-state index contributed by atoms with van der Waals surface area (Å²) < 4.78 is 21.4. The normalized spacial score (nSPS) is 33.4. The zero-order chi connectivity index (χ0) is 30.7. The molecule has 10 atom stereocenters. The Hall–Kier alpha value is -3.35. The van der Waals surface area contributed by atoms with Gasteiger partial charge >= 0.3 is 0 Å². The number of allylic oxidation sites excluding steroid dienone is 1. The summed E-state index contributed by atoms with van der Waals surface area (Å²) in [6.07, 6.45) is -12.9. The summed E-state index contributed by atoms with van der Waals surface area (Å²) in [5.41, 5.74) is 0.201. The molecule has 2 heterocycles. The smallest absolute Gasteiger partial charge is 0.229 e. The van der Waals surface area contributed by atoms with E-state index in [4.69, 9.17) is 18.9 Å². The molecule has 0 aliphatic carbocycles. The molecule has 42 heavy (non-hydrogen) atoms. The number of hydrogen-bond acceptors (Lipinski definition) is 15. The lowest BCUT2D eigenvalue weighted by atomic mass is 9.99.